The van der Waals surface area contributed by atoms with Gasteiger partial charge in [-0.15, -0.1) is 25.3 Å². The molecule has 31 heavy (non-hydrogen) atoms. The monoisotopic (exact) mass is 450 g/mol. The molecular weight excluding hydrogens is 416 g/mol. The van der Waals surface area contributed by atoms with Crippen LogP contribution in [0.1, 0.15) is 50.3 Å². The van der Waals surface area contributed by atoms with Crippen LogP contribution >= 0.6 is 25.3 Å². The van der Waals surface area contributed by atoms with E-state index in [1.807, 2.05) is 12.1 Å². The molecule has 0 saturated heterocycles. The Balaban J connectivity index is 2.07. The van der Waals surface area contributed by atoms with Gasteiger partial charge in [-0.1, -0.05) is 24.3 Å². The lowest BCUT2D eigenvalue weighted by atomic mass is 9.85. The van der Waals surface area contributed by atoms with Crippen molar-refractivity contribution in [1.82, 2.24) is 0 Å². The summed E-state index contributed by atoms with van der Waals surface area (Å²) in [6.07, 6.45) is 0. The second-order valence-corrected chi connectivity index (χ2v) is 8.70. The van der Waals surface area contributed by atoms with Crippen LogP contribution in [0.4, 0.5) is 11.4 Å². The molecule has 0 aliphatic heterocycles. The third kappa shape index (κ3) is 5.42. The standard InChI is InChI=1S/C27H34N2S2/c1-5-28(6-2)22-13-9-20(10-14-22)27(25-19-24(30)17-18-26(25)31)21-11-15-23(16-12-21)29(7-3)8-4/h9-19,27,30-31H,5-8H2,1-4H3. The highest BCUT2D eigenvalue weighted by Crippen LogP contribution is 2.37. The van der Waals surface area contributed by atoms with E-state index in [2.05, 4.69) is 105 Å². The van der Waals surface area contributed by atoms with Crippen molar-refractivity contribution in [3.05, 3.63) is 83.4 Å². The van der Waals surface area contributed by atoms with Crippen molar-refractivity contribution in [1.29, 1.82) is 0 Å². The zero-order chi connectivity index (χ0) is 22.4. The van der Waals surface area contributed by atoms with E-state index in [0.29, 0.717) is 0 Å². The van der Waals surface area contributed by atoms with Gasteiger partial charge in [-0.3, -0.25) is 0 Å². The van der Waals surface area contributed by atoms with Gasteiger partial charge in [-0.2, -0.15) is 0 Å². The first-order valence-corrected chi connectivity index (χ1v) is 12.1. The van der Waals surface area contributed by atoms with Gasteiger partial charge < -0.3 is 9.80 Å². The highest BCUT2D eigenvalue weighted by atomic mass is 32.1. The third-order valence-corrected chi connectivity index (χ3v) is 6.72. The Morgan fingerprint density at radius 1 is 0.613 bits per heavy atom. The zero-order valence-electron chi connectivity index (χ0n) is 19.0. The molecule has 0 spiro atoms. The summed E-state index contributed by atoms with van der Waals surface area (Å²) in [5.41, 5.74) is 6.24. The van der Waals surface area contributed by atoms with Crippen LogP contribution in [-0.4, -0.2) is 26.2 Å². The maximum Gasteiger partial charge on any atom is 0.0366 e. The topological polar surface area (TPSA) is 6.48 Å². The minimum atomic E-state index is 0.108. The van der Waals surface area contributed by atoms with Gasteiger partial charge in [0.25, 0.3) is 0 Å². The molecule has 0 amide bonds. The highest BCUT2D eigenvalue weighted by molar-refractivity contribution is 7.80. The second kappa shape index (κ2) is 11.0. The Hall–Kier alpha value is -2.04. The molecule has 4 heteroatoms. The number of benzene rings is 3. The zero-order valence-corrected chi connectivity index (χ0v) is 20.8. The van der Waals surface area contributed by atoms with Crippen molar-refractivity contribution in [2.45, 2.75) is 43.4 Å². The smallest absolute Gasteiger partial charge is 0.0366 e. The Bertz CT molecular complexity index is 904. The highest BCUT2D eigenvalue weighted by Gasteiger charge is 2.20. The molecule has 3 aromatic rings. The minimum Gasteiger partial charge on any atom is -0.372 e. The quantitative estimate of drug-likeness (QED) is 0.264. The molecule has 0 aliphatic carbocycles. The van der Waals surface area contributed by atoms with E-state index in [4.69, 9.17) is 12.6 Å². The van der Waals surface area contributed by atoms with Crippen LogP contribution in [0.5, 0.6) is 0 Å². The fourth-order valence-corrected chi connectivity index (χ4v) is 4.74. The first-order valence-electron chi connectivity index (χ1n) is 11.2. The van der Waals surface area contributed by atoms with E-state index in [1.165, 1.54) is 28.1 Å². The molecular formula is C27H34N2S2. The summed E-state index contributed by atoms with van der Waals surface area (Å²) in [7, 11) is 0. The molecule has 3 aromatic carbocycles. The first-order chi connectivity index (χ1) is 15.0. The summed E-state index contributed by atoms with van der Waals surface area (Å²) in [5.74, 6) is 0.108. The lowest BCUT2D eigenvalue weighted by molar-refractivity contribution is 0.861. The van der Waals surface area contributed by atoms with Crippen molar-refractivity contribution < 1.29 is 0 Å². The largest absolute Gasteiger partial charge is 0.372 e. The fraction of sp³-hybridized carbons (Fsp3) is 0.333. The molecule has 0 heterocycles. The Kier molecular flexibility index (Phi) is 8.39. The van der Waals surface area contributed by atoms with Gasteiger partial charge in [-0.25, -0.2) is 0 Å². The van der Waals surface area contributed by atoms with E-state index < -0.39 is 0 Å². The van der Waals surface area contributed by atoms with Crippen LogP contribution in [0.25, 0.3) is 0 Å². The first kappa shape index (κ1) is 23.6. The average molecular weight is 451 g/mol. The molecule has 0 fully saturated rings. The summed E-state index contributed by atoms with van der Waals surface area (Å²) in [5, 5.41) is 0. The van der Waals surface area contributed by atoms with E-state index >= 15 is 0 Å². The number of thiol groups is 2. The summed E-state index contributed by atoms with van der Waals surface area (Å²) in [6, 6.07) is 24.2. The number of rotatable bonds is 9. The number of hydrogen-bond acceptors (Lipinski definition) is 4. The Labute approximate surface area is 199 Å². The SMILES string of the molecule is CCN(CC)c1ccc(C(c2ccc(N(CC)CC)cc2)c2cc(S)ccc2S)cc1. The predicted molar refractivity (Wildman–Crippen MR) is 142 cm³/mol. The second-order valence-electron chi connectivity index (χ2n) is 7.70. The van der Waals surface area contributed by atoms with Crippen LogP contribution in [0.3, 0.4) is 0 Å². The fourth-order valence-electron chi connectivity index (χ4n) is 4.26. The average Bonchev–Trinajstić information content (AvgIpc) is 2.80. The summed E-state index contributed by atoms with van der Waals surface area (Å²) >= 11 is 9.41. The van der Waals surface area contributed by atoms with Gasteiger partial charge in [0, 0.05) is 53.3 Å². The van der Waals surface area contributed by atoms with Crippen LogP contribution in [-0.2, 0) is 0 Å². The molecule has 0 atom stereocenters. The third-order valence-electron chi connectivity index (χ3n) is 6.03. The summed E-state index contributed by atoms with van der Waals surface area (Å²) in [4.78, 5) is 6.69. The molecule has 0 aliphatic rings. The van der Waals surface area contributed by atoms with E-state index in [9.17, 15) is 0 Å². The van der Waals surface area contributed by atoms with Crippen LogP contribution in [0.15, 0.2) is 76.5 Å². The van der Waals surface area contributed by atoms with Gasteiger partial charge in [-0.05, 0) is 86.8 Å². The van der Waals surface area contributed by atoms with Gasteiger partial charge in [0.15, 0.2) is 0 Å². The summed E-state index contributed by atoms with van der Waals surface area (Å²) in [6.45, 7) is 12.8. The molecule has 0 unspecified atom stereocenters. The van der Waals surface area contributed by atoms with Crippen molar-refractivity contribution in [2.24, 2.45) is 0 Å². The predicted octanol–water partition coefficient (Wildman–Crippen LogP) is 7.14. The van der Waals surface area contributed by atoms with Gasteiger partial charge in [0.1, 0.15) is 0 Å². The molecule has 0 N–H and O–H groups in total. The van der Waals surface area contributed by atoms with E-state index in [1.54, 1.807) is 0 Å². The molecule has 0 radical (unpaired) electrons. The van der Waals surface area contributed by atoms with Crippen molar-refractivity contribution >= 4 is 36.6 Å². The molecule has 0 aromatic heterocycles. The number of hydrogen-bond donors (Lipinski definition) is 2. The van der Waals surface area contributed by atoms with Gasteiger partial charge in [0.2, 0.25) is 0 Å². The van der Waals surface area contributed by atoms with Gasteiger partial charge in [0.05, 0.1) is 0 Å². The van der Waals surface area contributed by atoms with Crippen molar-refractivity contribution in [3.63, 3.8) is 0 Å². The van der Waals surface area contributed by atoms with Crippen molar-refractivity contribution in [2.75, 3.05) is 36.0 Å². The minimum absolute atomic E-state index is 0.108. The molecule has 164 valence electrons. The summed E-state index contributed by atoms with van der Waals surface area (Å²) < 4.78 is 0. The number of anilines is 2. The molecule has 2 nitrogen and oxygen atoms in total. The maximum atomic E-state index is 4.80. The lowest BCUT2D eigenvalue weighted by Gasteiger charge is -2.25. The van der Waals surface area contributed by atoms with Crippen LogP contribution in [0.2, 0.25) is 0 Å². The molecule has 3 rings (SSSR count). The van der Waals surface area contributed by atoms with Gasteiger partial charge >= 0.3 is 0 Å². The normalized spacial score (nSPS) is 11.1. The molecule has 0 saturated carbocycles. The van der Waals surface area contributed by atoms with Crippen LogP contribution < -0.4 is 9.80 Å². The van der Waals surface area contributed by atoms with Crippen LogP contribution in [0, 0.1) is 0 Å². The maximum absolute atomic E-state index is 4.80. The Morgan fingerprint density at radius 2 is 1.03 bits per heavy atom. The van der Waals surface area contributed by atoms with E-state index in [-0.39, 0.29) is 5.92 Å². The van der Waals surface area contributed by atoms with E-state index in [0.717, 1.165) is 36.0 Å². The lowest BCUT2D eigenvalue weighted by Crippen LogP contribution is -2.22. The number of nitrogens with zero attached hydrogens (tertiary/aromatic N) is 2. The van der Waals surface area contributed by atoms with Crippen molar-refractivity contribution in [3.8, 4) is 0 Å². The Morgan fingerprint density at radius 3 is 1.42 bits per heavy atom. The molecule has 0 bridgehead atoms.